The molecule has 150 valence electrons. The summed E-state index contributed by atoms with van der Waals surface area (Å²) in [5.41, 5.74) is 2.45. The summed E-state index contributed by atoms with van der Waals surface area (Å²) in [6.07, 6.45) is 15.1. The van der Waals surface area contributed by atoms with E-state index in [1.807, 2.05) is 0 Å². The summed E-state index contributed by atoms with van der Waals surface area (Å²) in [5, 5.41) is 19.0. The van der Waals surface area contributed by atoms with Gasteiger partial charge in [0.05, 0.1) is 6.10 Å². The molecule has 27 heavy (non-hydrogen) atoms. The Morgan fingerprint density at radius 2 is 1.93 bits per heavy atom. The number of unbranched alkanes of at least 4 members (excludes halogenated alkanes) is 3. The largest absolute Gasteiger partial charge is 0.481 e. The van der Waals surface area contributed by atoms with Crippen LogP contribution in [0.4, 0.5) is 0 Å². The van der Waals surface area contributed by atoms with E-state index in [9.17, 15) is 9.90 Å². The van der Waals surface area contributed by atoms with Crippen molar-refractivity contribution >= 4 is 5.97 Å². The lowest BCUT2D eigenvalue weighted by molar-refractivity contribution is -0.137. The molecular formula is C24H36O3. The van der Waals surface area contributed by atoms with Crippen LogP contribution in [-0.4, -0.2) is 16.2 Å². The van der Waals surface area contributed by atoms with Crippen LogP contribution in [0.5, 0.6) is 0 Å². The highest BCUT2D eigenvalue weighted by Gasteiger charge is 2.27. The molecule has 3 heteroatoms. The first-order valence-corrected chi connectivity index (χ1v) is 10.8. The van der Waals surface area contributed by atoms with Gasteiger partial charge in [-0.3, -0.25) is 4.79 Å². The Balaban J connectivity index is 1.83. The van der Waals surface area contributed by atoms with E-state index in [0.717, 1.165) is 37.7 Å². The molecule has 0 bridgehead atoms. The van der Waals surface area contributed by atoms with E-state index in [4.69, 9.17) is 5.11 Å². The van der Waals surface area contributed by atoms with Crippen molar-refractivity contribution in [3.8, 4) is 0 Å². The van der Waals surface area contributed by atoms with Gasteiger partial charge in [0.1, 0.15) is 0 Å². The molecule has 1 aromatic rings. The van der Waals surface area contributed by atoms with Crippen LogP contribution in [0.1, 0.15) is 101 Å². The van der Waals surface area contributed by atoms with Crippen LogP contribution < -0.4 is 0 Å². The lowest BCUT2D eigenvalue weighted by atomic mass is 9.86. The van der Waals surface area contributed by atoms with Crippen LogP contribution in [-0.2, 0) is 4.79 Å². The Hall–Kier alpha value is -1.61. The number of aliphatic hydroxyl groups excluding tert-OH is 1. The molecule has 2 rings (SSSR count). The molecule has 2 N–H and O–H groups in total. The maximum Gasteiger partial charge on any atom is 0.303 e. The highest BCUT2D eigenvalue weighted by molar-refractivity contribution is 5.66. The summed E-state index contributed by atoms with van der Waals surface area (Å²) in [6, 6.07) is 8.67. The molecule has 1 saturated carbocycles. The number of hydrogen-bond acceptors (Lipinski definition) is 2. The zero-order valence-corrected chi connectivity index (χ0v) is 16.8. The fraction of sp³-hybridized carbons (Fsp3) is 0.625. The third-order valence-corrected chi connectivity index (χ3v) is 5.86. The van der Waals surface area contributed by atoms with E-state index in [1.54, 1.807) is 0 Å². The monoisotopic (exact) mass is 372 g/mol. The molecule has 1 aliphatic rings. The minimum atomic E-state index is -0.710. The van der Waals surface area contributed by atoms with Crippen molar-refractivity contribution in [1.29, 1.82) is 0 Å². The molecule has 0 heterocycles. The summed E-state index contributed by atoms with van der Waals surface area (Å²) in [5.74, 6) is 0.583. The zero-order valence-electron chi connectivity index (χ0n) is 16.8. The Morgan fingerprint density at radius 3 is 2.63 bits per heavy atom. The van der Waals surface area contributed by atoms with Crippen molar-refractivity contribution in [2.24, 2.45) is 5.92 Å². The van der Waals surface area contributed by atoms with Gasteiger partial charge >= 0.3 is 5.97 Å². The number of hydrogen-bond donors (Lipinski definition) is 2. The maximum atomic E-state index is 10.5. The number of carboxylic acids is 1. The van der Waals surface area contributed by atoms with Crippen LogP contribution in [0.2, 0.25) is 0 Å². The molecule has 0 radical (unpaired) electrons. The fourth-order valence-corrected chi connectivity index (χ4v) is 4.24. The molecule has 0 amide bonds. The lowest BCUT2D eigenvalue weighted by Crippen LogP contribution is -2.06. The van der Waals surface area contributed by atoms with E-state index >= 15 is 0 Å². The fourth-order valence-electron chi connectivity index (χ4n) is 4.24. The second-order valence-corrected chi connectivity index (χ2v) is 7.97. The van der Waals surface area contributed by atoms with Gasteiger partial charge in [-0.25, -0.2) is 0 Å². The molecule has 2 unspecified atom stereocenters. The molecule has 3 nitrogen and oxygen atoms in total. The Kier molecular flexibility index (Phi) is 9.61. The highest BCUT2D eigenvalue weighted by Crippen LogP contribution is 2.42. The van der Waals surface area contributed by atoms with Gasteiger partial charge in [0.15, 0.2) is 0 Å². The second kappa shape index (κ2) is 12.0. The Bertz CT molecular complexity index is 576. The standard InChI is InChI=1S/C24H36O3/c1-2-3-6-13-23(25)21-17-15-20(16-18-21)22-12-9-11-19(22)10-7-4-5-8-14-24(26)27/h4,7,15-19,22-23,25H,2-3,5-6,8-14H2,1H3,(H,26,27)/b7-4-/t19-,22?,23?/m0/s1. The number of carboxylic acid groups (broad SMARTS) is 1. The van der Waals surface area contributed by atoms with Gasteiger partial charge in [-0.1, -0.05) is 69.0 Å². The molecule has 3 atom stereocenters. The maximum absolute atomic E-state index is 10.5. The molecular weight excluding hydrogens is 336 g/mol. The quantitative estimate of drug-likeness (QED) is 0.330. The molecule has 0 aromatic heterocycles. The zero-order chi connectivity index (χ0) is 19.5. The summed E-state index contributed by atoms with van der Waals surface area (Å²) in [6.45, 7) is 2.18. The molecule has 0 aliphatic heterocycles. The van der Waals surface area contributed by atoms with Gasteiger partial charge in [0.25, 0.3) is 0 Å². The number of rotatable bonds is 12. The summed E-state index contributed by atoms with van der Waals surface area (Å²) in [7, 11) is 0. The third kappa shape index (κ3) is 7.50. The number of allylic oxidation sites excluding steroid dienone is 2. The molecule has 0 spiro atoms. The van der Waals surface area contributed by atoms with Crippen LogP contribution in [0.15, 0.2) is 36.4 Å². The Labute approximate surface area is 164 Å². The third-order valence-electron chi connectivity index (χ3n) is 5.86. The number of aliphatic carboxylic acids is 1. The molecule has 1 aromatic carbocycles. The van der Waals surface area contributed by atoms with E-state index in [0.29, 0.717) is 11.8 Å². The second-order valence-electron chi connectivity index (χ2n) is 7.97. The normalized spacial score (nSPS) is 21.0. The smallest absolute Gasteiger partial charge is 0.303 e. The van der Waals surface area contributed by atoms with E-state index < -0.39 is 5.97 Å². The minimum absolute atomic E-state index is 0.257. The van der Waals surface area contributed by atoms with Crippen LogP contribution >= 0.6 is 0 Å². The Morgan fingerprint density at radius 1 is 1.15 bits per heavy atom. The van der Waals surface area contributed by atoms with Gasteiger partial charge in [0.2, 0.25) is 0 Å². The topological polar surface area (TPSA) is 57.5 Å². The summed E-state index contributed by atoms with van der Waals surface area (Å²) < 4.78 is 0. The lowest BCUT2D eigenvalue weighted by Gasteiger charge is -2.20. The van der Waals surface area contributed by atoms with Gasteiger partial charge in [0, 0.05) is 6.42 Å². The minimum Gasteiger partial charge on any atom is -0.481 e. The predicted octanol–water partition coefficient (Wildman–Crippen LogP) is 6.39. The van der Waals surface area contributed by atoms with Gasteiger partial charge < -0.3 is 10.2 Å². The van der Waals surface area contributed by atoms with E-state index in [1.165, 1.54) is 37.7 Å². The van der Waals surface area contributed by atoms with Crippen LogP contribution in [0, 0.1) is 5.92 Å². The summed E-state index contributed by atoms with van der Waals surface area (Å²) >= 11 is 0. The average molecular weight is 373 g/mol. The predicted molar refractivity (Wildman–Crippen MR) is 111 cm³/mol. The van der Waals surface area contributed by atoms with Gasteiger partial charge in [-0.15, -0.1) is 0 Å². The van der Waals surface area contributed by atoms with Crippen LogP contribution in [0.3, 0.4) is 0 Å². The van der Waals surface area contributed by atoms with Crippen molar-refractivity contribution in [3.05, 3.63) is 47.5 Å². The van der Waals surface area contributed by atoms with Crippen molar-refractivity contribution in [3.63, 3.8) is 0 Å². The van der Waals surface area contributed by atoms with Crippen molar-refractivity contribution in [2.45, 2.75) is 89.6 Å². The van der Waals surface area contributed by atoms with Gasteiger partial charge in [-0.2, -0.15) is 0 Å². The number of carbonyl (C=O) groups is 1. The molecule has 0 saturated heterocycles. The van der Waals surface area contributed by atoms with E-state index in [2.05, 4.69) is 43.3 Å². The van der Waals surface area contributed by atoms with Crippen molar-refractivity contribution in [2.75, 3.05) is 0 Å². The highest BCUT2D eigenvalue weighted by atomic mass is 16.4. The first kappa shape index (κ1) is 21.7. The molecule has 1 fully saturated rings. The summed E-state index contributed by atoms with van der Waals surface area (Å²) in [4.78, 5) is 10.5. The first-order valence-electron chi connectivity index (χ1n) is 10.8. The van der Waals surface area contributed by atoms with Crippen molar-refractivity contribution in [1.82, 2.24) is 0 Å². The average Bonchev–Trinajstić information content (AvgIpc) is 3.13. The number of benzene rings is 1. The van der Waals surface area contributed by atoms with Crippen molar-refractivity contribution < 1.29 is 15.0 Å². The number of aliphatic hydroxyl groups is 1. The van der Waals surface area contributed by atoms with Gasteiger partial charge in [-0.05, 0) is 61.5 Å². The molecule has 1 aliphatic carbocycles. The first-order chi connectivity index (χ1) is 13.1. The van der Waals surface area contributed by atoms with E-state index in [-0.39, 0.29) is 12.5 Å². The SMILES string of the molecule is CCCCCC(O)c1ccc(C2CCC[C@@H]2C/C=C\CCCC(=O)O)cc1. The van der Waals surface area contributed by atoms with Crippen LogP contribution in [0.25, 0.3) is 0 Å².